The Bertz CT molecular complexity index is 1710. The molecule has 1 amide bonds. The Labute approximate surface area is 265 Å². The maximum Gasteiger partial charge on any atom is 0.319 e. The van der Waals surface area contributed by atoms with E-state index in [2.05, 4.69) is 21.4 Å². The quantitative estimate of drug-likeness (QED) is 0.319. The number of alkyl halides is 1. The molecule has 0 radical (unpaired) electrons. The zero-order valence-corrected chi connectivity index (χ0v) is 25.8. The van der Waals surface area contributed by atoms with E-state index < -0.39 is 17.5 Å². The lowest BCUT2D eigenvalue weighted by molar-refractivity contribution is -0.129. The topological polar surface area (TPSA) is 82.0 Å². The molecule has 4 saturated heterocycles. The van der Waals surface area contributed by atoms with Gasteiger partial charge in [-0.3, -0.25) is 9.69 Å². The second kappa shape index (κ2) is 10.8. The Kier molecular flexibility index (Phi) is 6.94. The molecule has 45 heavy (non-hydrogen) atoms. The van der Waals surface area contributed by atoms with E-state index in [9.17, 15) is 14.3 Å². The van der Waals surface area contributed by atoms with Gasteiger partial charge in [0.2, 0.25) is 5.91 Å². The van der Waals surface area contributed by atoms with E-state index in [-0.39, 0.29) is 47.8 Å². The molecule has 1 aliphatic carbocycles. The molecule has 5 aliphatic rings. The first kappa shape index (κ1) is 28.9. The van der Waals surface area contributed by atoms with Crippen LogP contribution in [0.25, 0.3) is 22.0 Å². The van der Waals surface area contributed by atoms with Crippen LogP contribution in [0.4, 0.5) is 14.6 Å². The Balaban J connectivity index is 1.22. The molecule has 8 nitrogen and oxygen atoms in total. The summed E-state index contributed by atoms with van der Waals surface area (Å²) in [6.07, 6.45) is 6.33. The second-order valence-electron chi connectivity index (χ2n) is 13.4. The number of amides is 1. The molecule has 3 aromatic rings. The van der Waals surface area contributed by atoms with Gasteiger partial charge in [0, 0.05) is 54.1 Å². The highest BCUT2D eigenvalue weighted by atomic mass is 35.5. The van der Waals surface area contributed by atoms with Crippen LogP contribution in [-0.4, -0.2) is 87.4 Å². The second-order valence-corrected chi connectivity index (χ2v) is 13.8. The van der Waals surface area contributed by atoms with E-state index in [1.165, 1.54) is 12.1 Å². The van der Waals surface area contributed by atoms with Gasteiger partial charge >= 0.3 is 6.01 Å². The van der Waals surface area contributed by atoms with E-state index in [0.717, 1.165) is 50.6 Å². The summed E-state index contributed by atoms with van der Waals surface area (Å²) in [4.78, 5) is 28.3. The Morgan fingerprint density at radius 3 is 2.64 bits per heavy atom. The van der Waals surface area contributed by atoms with E-state index in [1.807, 2.05) is 11.0 Å². The minimum absolute atomic E-state index is 0.00537. The van der Waals surface area contributed by atoms with Crippen molar-refractivity contribution in [1.82, 2.24) is 19.8 Å². The van der Waals surface area contributed by atoms with Crippen molar-refractivity contribution in [3.8, 4) is 22.9 Å². The summed E-state index contributed by atoms with van der Waals surface area (Å²) < 4.78 is 37.5. The number of rotatable bonds is 7. The molecule has 8 rings (SSSR count). The third kappa shape index (κ3) is 4.83. The number of fused-ring (bicyclic) bond motifs is 4. The van der Waals surface area contributed by atoms with Crippen LogP contribution in [0, 0.1) is 5.82 Å². The molecule has 0 spiro atoms. The summed E-state index contributed by atoms with van der Waals surface area (Å²) >= 11 is 6.58. The number of piperazine rings is 1. The SMILES string of the molecule is C=CC(=O)N1[C@@H]2CC[C@H]1CN(c1nc(OC[C@@]34CCCN3C[C@H](F)C4)nc3c(F)c(-c4cc(O)cc(Cl)c4C4CC4)ccc13)C2. The number of aromatic hydroxyl groups is 1. The minimum atomic E-state index is -0.901. The van der Waals surface area contributed by atoms with E-state index in [4.69, 9.17) is 21.3 Å². The fourth-order valence-electron chi connectivity index (χ4n) is 8.44. The predicted molar refractivity (Wildman–Crippen MR) is 168 cm³/mol. The van der Waals surface area contributed by atoms with Crippen LogP contribution in [-0.2, 0) is 4.79 Å². The van der Waals surface area contributed by atoms with Crippen LogP contribution in [0.2, 0.25) is 5.02 Å². The first-order valence-corrected chi connectivity index (χ1v) is 16.4. The standard InChI is InChI=1S/C34H36ClF2N5O3/c1-2-28(44)42-21-6-7-22(42)17-40(16-21)32-25-9-8-24(26-12-23(43)13-27(35)29(26)19-4-5-19)30(37)31(25)38-33(39-32)45-18-34-10-3-11-41(34)15-20(36)14-34/h2,8-9,12-13,19-22,43H,1,3-7,10-11,14-18H2/t20-,21-,22+,34+/m1/s1. The molecule has 2 aromatic carbocycles. The minimum Gasteiger partial charge on any atom is -0.508 e. The molecule has 1 saturated carbocycles. The number of anilines is 1. The highest BCUT2D eigenvalue weighted by Gasteiger charge is 2.49. The van der Waals surface area contributed by atoms with Crippen LogP contribution in [0.1, 0.15) is 56.4 Å². The summed E-state index contributed by atoms with van der Waals surface area (Å²) in [5.74, 6) is 0.117. The van der Waals surface area contributed by atoms with Gasteiger partial charge in [0.25, 0.3) is 0 Å². The third-order valence-electron chi connectivity index (χ3n) is 10.6. The van der Waals surface area contributed by atoms with Crippen molar-refractivity contribution in [2.75, 3.05) is 37.7 Å². The summed E-state index contributed by atoms with van der Waals surface area (Å²) in [7, 11) is 0. The largest absolute Gasteiger partial charge is 0.508 e. The normalized spacial score (nSPS) is 27.8. The van der Waals surface area contributed by atoms with Crippen molar-refractivity contribution in [2.24, 2.45) is 0 Å². The Hall–Kier alpha value is -3.50. The maximum absolute atomic E-state index is 16.8. The zero-order chi connectivity index (χ0) is 31.0. The van der Waals surface area contributed by atoms with Gasteiger partial charge in [-0.25, -0.2) is 8.78 Å². The zero-order valence-electron chi connectivity index (χ0n) is 25.0. The molecule has 5 fully saturated rings. The lowest BCUT2D eigenvalue weighted by atomic mass is 9.94. The molecule has 1 N–H and O–H groups in total. The molecule has 1 aromatic heterocycles. The average molecular weight is 636 g/mol. The molecule has 4 atom stereocenters. The monoisotopic (exact) mass is 635 g/mol. The highest BCUT2D eigenvalue weighted by molar-refractivity contribution is 6.32. The highest BCUT2D eigenvalue weighted by Crippen LogP contribution is 2.50. The van der Waals surface area contributed by atoms with Gasteiger partial charge in [-0.15, -0.1) is 0 Å². The molecule has 2 bridgehead atoms. The number of hydrogen-bond acceptors (Lipinski definition) is 7. The van der Waals surface area contributed by atoms with Gasteiger partial charge in [0.15, 0.2) is 5.82 Å². The number of carbonyl (C=O) groups excluding carboxylic acids is 1. The van der Waals surface area contributed by atoms with Gasteiger partial charge in [0.05, 0.1) is 5.54 Å². The van der Waals surface area contributed by atoms with Gasteiger partial charge in [-0.05, 0) is 86.4 Å². The number of phenolic OH excluding ortho intramolecular Hbond substituents is 1. The smallest absolute Gasteiger partial charge is 0.319 e. The number of hydrogen-bond donors (Lipinski definition) is 1. The van der Waals surface area contributed by atoms with E-state index in [1.54, 1.807) is 12.1 Å². The third-order valence-corrected chi connectivity index (χ3v) is 10.9. The van der Waals surface area contributed by atoms with Crippen LogP contribution in [0.15, 0.2) is 36.9 Å². The van der Waals surface area contributed by atoms with Crippen LogP contribution < -0.4 is 9.64 Å². The van der Waals surface area contributed by atoms with Crippen molar-refractivity contribution in [1.29, 1.82) is 0 Å². The molecular weight excluding hydrogens is 600 g/mol. The number of carbonyl (C=O) groups is 1. The molecule has 236 valence electrons. The van der Waals surface area contributed by atoms with Crippen molar-refractivity contribution in [3.63, 3.8) is 0 Å². The van der Waals surface area contributed by atoms with Crippen molar-refractivity contribution < 1.29 is 23.4 Å². The molecule has 0 unspecified atom stereocenters. The average Bonchev–Trinajstić information content (AvgIpc) is 3.63. The fraction of sp³-hybridized carbons (Fsp3) is 0.500. The first-order chi connectivity index (χ1) is 21.7. The molecule has 4 aliphatic heterocycles. The summed E-state index contributed by atoms with van der Waals surface area (Å²) in [6, 6.07) is 6.65. The van der Waals surface area contributed by atoms with Crippen molar-refractivity contribution >= 4 is 34.2 Å². The van der Waals surface area contributed by atoms with Crippen LogP contribution in [0.5, 0.6) is 11.8 Å². The molecular formula is C34H36ClF2N5O3. The molecule has 11 heteroatoms. The Morgan fingerprint density at radius 1 is 1.13 bits per heavy atom. The maximum atomic E-state index is 16.8. The number of nitrogens with zero attached hydrogens (tertiary/aromatic N) is 5. The lowest BCUT2D eigenvalue weighted by Gasteiger charge is -2.41. The Morgan fingerprint density at radius 2 is 1.91 bits per heavy atom. The number of ether oxygens (including phenoxy) is 1. The fourth-order valence-corrected chi connectivity index (χ4v) is 8.81. The van der Waals surface area contributed by atoms with Crippen molar-refractivity contribution in [2.45, 2.75) is 74.7 Å². The summed E-state index contributed by atoms with van der Waals surface area (Å²) in [5.41, 5.74) is 1.39. The molecule has 5 heterocycles. The number of halogens is 3. The first-order valence-electron chi connectivity index (χ1n) is 16.0. The van der Waals surface area contributed by atoms with E-state index in [0.29, 0.717) is 53.4 Å². The van der Waals surface area contributed by atoms with Gasteiger partial charge in [0.1, 0.15) is 29.9 Å². The van der Waals surface area contributed by atoms with Crippen molar-refractivity contribution in [3.05, 3.63) is 53.3 Å². The van der Waals surface area contributed by atoms with E-state index >= 15 is 4.39 Å². The lowest BCUT2D eigenvalue weighted by Crippen LogP contribution is -2.55. The summed E-state index contributed by atoms with van der Waals surface area (Å²) in [5, 5.41) is 11.4. The van der Waals surface area contributed by atoms with Crippen LogP contribution in [0.3, 0.4) is 0 Å². The number of aromatic nitrogens is 2. The van der Waals surface area contributed by atoms with Crippen LogP contribution >= 0.6 is 11.6 Å². The number of benzene rings is 2. The van der Waals surface area contributed by atoms with Gasteiger partial charge in [-0.1, -0.05) is 24.2 Å². The van der Waals surface area contributed by atoms with Gasteiger partial charge < -0.3 is 19.6 Å². The van der Waals surface area contributed by atoms with Gasteiger partial charge in [-0.2, -0.15) is 9.97 Å². The number of phenols is 1. The summed E-state index contributed by atoms with van der Waals surface area (Å²) in [6.45, 7) is 6.22. The predicted octanol–water partition coefficient (Wildman–Crippen LogP) is 5.99.